The molecule has 29 heavy (non-hydrogen) atoms. The minimum atomic E-state index is -0.533. The van der Waals surface area contributed by atoms with Crippen LogP contribution in [0.15, 0.2) is 59.3 Å². The zero-order valence-corrected chi connectivity index (χ0v) is 16.8. The maximum absolute atomic E-state index is 10.4. The van der Waals surface area contributed by atoms with E-state index in [2.05, 4.69) is 21.2 Å². The summed E-state index contributed by atoms with van der Waals surface area (Å²) in [5.74, 6) is 1.11. The van der Waals surface area contributed by atoms with Gasteiger partial charge in [-0.2, -0.15) is 0 Å². The van der Waals surface area contributed by atoms with E-state index in [1.807, 2.05) is 42.5 Å². The monoisotopic (exact) mass is 415 g/mol. The van der Waals surface area contributed by atoms with Gasteiger partial charge in [0.2, 0.25) is 12.3 Å². The van der Waals surface area contributed by atoms with Gasteiger partial charge in [0.25, 0.3) is 0 Å². The highest BCUT2D eigenvalue weighted by Gasteiger charge is 2.23. The van der Waals surface area contributed by atoms with Gasteiger partial charge in [-0.1, -0.05) is 23.7 Å². The number of rotatable bonds is 7. The van der Waals surface area contributed by atoms with Crippen LogP contribution in [0.2, 0.25) is 5.02 Å². The standard InChI is InChI=1S/C21H23ClN4O3/c22-17-4-2-5-18(12-17)26-9-7-25(8-10-26)13-19(27)14-28-20-6-1-3-16(11-20)21-24-23-15-29-21/h1-6,11-12,15,19,27H,7-10,13-14H2/p+1/t19-/m0/s1. The topological polar surface area (TPSA) is 76.1 Å². The number of nitrogens with zero attached hydrogens (tertiary/aromatic N) is 3. The van der Waals surface area contributed by atoms with Crippen LogP contribution in [0.5, 0.6) is 5.75 Å². The number of ether oxygens (including phenoxy) is 1. The first-order chi connectivity index (χ1) is 14.2. The summed E-state index contributed by atoms with van der Waals surface area (Å²) < 4.78 is 11.0. The van der Waals surface area contributed by atoms with Gasteiger partial charge >= 0.3 is 0 Å². The smallest absolute Gasteiger partial charge is 0.247 e. The number of nitrogens with one attached hydrogen (secondary N) is 1. The molecule has 1 aliphatic rings. The second-order valence-electron chi connectivity index (χ2n) is 7.16. The van der Waals surface area contributed by atoms with Gasteiger partial charge in [0.05, 0.1) is 26.2 Å². The summed E-state index contributed by atoms with van der Waals surface area (Å²) in [6.07, 6.45) is 0.761. The van der Waals surface area contributed by atoms with Crippen molar-refractivity contribution in [1.82, 2.24) is 10.2 Å². The number of quaternary nitrogens is 1. The largest absolute Gasteiger partial charge is 0.491 e. The third-order valence-electron chi connectivity index (χ3n) is 5.05. The van der Waals surface area contributed by atoms with Gasteiger partial charge in [0.1, 0.15) is 25.0 Å². The second kappa shape index (κ2) is 9.26. The van der Waals surface area contributed by atoms with Crippen molar-refractivity contribution in [3.05, 3.63) is 59.9 Å². The zero-order chi connectivity index (χ0) is 20.1. The van der Waals surface area contributed by atoms with E-state index in [1.165, 1.54) is 11.3 Å². The molecule has 0 unspecified atom stereocenters. The predicted molar refractivity (Wildman–Crippen MR) is 110 cm³/mol. The molecule has 7 nitrogen and oxygen atoms in total. The Balaban J connectivity index is 1.24. The number of benzene rings is 2. The molecule has 2 aromatic carbocycles. The van der Waals surface area contributed by atoms with Crippen molar-refractivity contribution >= 4 is 17.3 Å². The summed E-state index contributed by atoms with van der Waals surface area (Å²) in [6, 6.07) is 15.4. The highest BCUT2D eigenvalue weighted by Crippen LogP contribution is 2.22. The maximum Gasteiger partial charge on any atom is 0.247 e. The highest BCUT2D eigenvalue weighted by molar-refractivity contribution is 6.30. The van der Waals surface area contributed by atoms with E-state index in [9.17, 15) is 5.11 Å². The molecule has 3 aromatic rings. The number of aromatic nitrogens is 2. The third-order valence-corrected chi connectivity index (χ3v) is 5.29. The van der Waals surface area contributed by atoms with Gasteiger partial charge in [-0.05, 0) is 36.4 Å². The number of halogens is 1. The SMILES string of the molecule is O[C@H](COc1cccc(-c2nnco2)c1)C[NH+]1CCN(c2cccc(Cl)c2)CC1. The van der Waals surface area contributed by atoms with Crippen LogP contribution >= 0.6 is 11.6 Å². The molecule has 1 aromatic heterocycles. The van der Waals surface area contributed by atoms with Crippen LogP contribution in [0.25, 0.3) is 11.5 Å². The van der Waals surface area contributed by atoms with Gasteiger partial charge in [0, 0.05) is 16.3 Å². The van der Waals surface area contributed by atoms with E-state index in [0.29, 0.717) is 18.2 Å². The normalized spacial score (nSPS) is 16.0. The Morgan fingerprint density at radius 3 is 2.76 bits per heavy atom. The lowest BCUT2D eigenvalue weighted by Gasteiger charge is -2.34. The Morgan fingerprint density at radius 2 is 2.00 bits per heavy atom. The molecule has 1 saturated heterocycles. The fourth-order valence-corrected chi connectivity index (χ4v) is 3.74. The lowest BCUT2D eigenvalue weighted by molar-refractivity contribution is -0.903. The summed E-state index contributed by atoms with van der Waals surface area (Å²) >= 11 is 6.09. The molecule has 0 radical (unpaired) electrons. The van der Waals surface area contributed by atoms with Crippen molar-refractivity contribution in [3.8, 4) is 17.2 Å². The minimum absolute atomic E-state index is 0.245. The van der Waals surface area contributed by atoms with E-state index < -0.39 is 6.10 Å². The maximum atomic E-state index is 10.4. The number of aliphatic hydroxyl groups is 1. The molecule has 2 N–H and O–H groups in total. The Morgan fingerprint density at radius 1 is 1.17 bits per heavy atom. The van der Waals surface area contributed by atoms with Crippen LogP contribution in [-0.2, 0) is 0 Å². The van der Waals surface area contributed by atoms with Gasteiger partial charge in [-0.15, -0.1) is 10.2 Å². The van der Waals surface area contributed by atoms with Gasteiger partial charge in [0.15, 0.2) is 0 Å². The second-order valence-corrected chi connectivity index (χ2v) is 7.59. The number of hydrogen-bond acceptors (Lipinski definition) is 6. The van der Waals surface area contributed by atoms with Crippen LogP contribution in [0, 0.1) is 0 Å². The number of aliphatic hydroxyl groups excluding tert-OH is 1. The molecule has 0 aliphatic carbocycles. The molecule has 0 bridgehead atoms. The van der Waals surface area contributed by atoms with Crippen molar-refractivity contribution < 1.29 is 19.2 Å². The first kappa shape index (κ1) is 19.7. The first-order valence-corrected chi connectivity index (χ1v) is 10.1. The van der Waals surface area contributed by atoms with Gasteiger partial charge in [-0.3, -0.25) is 0 Å². The number of piperazine rings is 1. The van der Waals surface area contributed by atoms with Crippen LogP contribution in [-0.4, -0.2) is 60.7 Å². The summed E-state index contributed by atoms with van der Waals surface area (Å²) in [4.78, 5) is 3.71. The van der Waals surface area contributed by atoms with Gasteiger partial charge in [-0.25, -0.2) is 0 Å². The molecular weight excluding hydrogens is 392 g/mol. The van der Waals surface area contributed by atoms with Crippen LogP contribution < -0.4 is 14.5 Å². The average molecular weight is 416 g/mol. The molecule has 0 saturated carbocycles. The van der Waals surface area contributed by atoms with Crippen molar-refractivity contribution in [1.29, 1.82) is 0 Å². The summed E-state index contributed by atoms with van der Waals surface area (Å²) in [5, 5.41) is 18.8. The third kappa shape index (κ3) is 5.26. The van der Waals surface area contributed by atoms with E-state index in [4.69, 9.17) is 20.8 Å². The van der Waals surface area contributed by atoms with Crippen molar-refractivity contribution in [3.63, 3.8) is 0 Å². The molecule has 1 atom stereocenters. The molecular formula is C21H24ClN4O3+. The van der Waals surface area contributed by atoms with Crippen molar-refractivity contribution in [2.75, 3.05) is 44.2 Å². The lowest BCUT2D eigenvalue weighted by atomic mass is 10.2. The first-order valence-electron chi connectivity index (χ1n) is 9.69. The van der Waals surface area contributed by atoms with Crippen LogP contribution in [0.3, 0.4) is 0 Å². The zero-order valence-electron chi connectivity index (χ0n) is 16.0. The number of anilines is 1. The van der Waals surface area contributed by atoms with Crippen molar-refractivity contribution in [2.45, 2.75) is 6.10 Å². The molecule has 152 valence electrons. The number of hydrogen-bond donors (Lipinski definition) is 2. The highest BCUT2D eigenvalue weighted by atomic mass is 35.5. The summed E-state index contributed by atoms with van der Waals surface area (Å²) in [5.41, 5.74) is 1.94. The van der Waals surface area contributed by atoms with E-state index in [-0.39, 0.29) is 6.61 Å². The van der Waals surface area contributed by atoms with E-state index in [0.717, 1.165) is 42.5 Å². The van der Waals surface area contributed by atoms with Crippen LogP contribution in [0.4, 0.5) is 5.69 Å². The molecule has 8 heteroatoms. The molecule has 0 spiro atoms. The Bertz CT molecular complexity index is 914. The molecule has 0 amide bonds. The summed E-state index contributed by atoms with van der Waals surface area (Å²) in [7, 11) is 0. The molecule has 4 rings (SSSR count). The Hall–Kier alpha value is -2.61. The molecule has 2 heterocycles. The van der Waals surface area contributed by atoms with E-state index in [1.54, 1.807) is 0 Å². The quantitative estimate of drug-likeness (QED) is 0.609. The lowest BCUT2D eigenvalue weighted by Crippen LogP contribution is -3.16. The Labute approximate surface area is 174 Å². The van der Waals surface area contributed by atoms with Gasteiger partial charge < -0.3 is 24.1 Å². The summed E-state index contributed by atoms with van der Waals surface area (Å²) in [6.45, 7) is 4.72. The predicted octanol–water partition coefficient (Wildman–Crippen LogP) is 1.53. The molecule has 1 aliphatic heterocycles. The average Bonchev–Trinajstić information content (AvgIpc) is 3.28. The molecule has 1 fully saturated rings. The fraction of sp³-hybridized carbons (Fsp3) is 0.333. The van der Waals surface area contributed by atoms with Crippen molar-refractivity contribution in [2.24, 2.45) is 0 Å². The Kier molecular flexibility index (Phi) is 6.29. The minimum Gasteiger partial charge on any atom is -0.491 e. The fourth-order valence-electron chi connectivity index (χ4n) is 3.56. The van der Waals surface area contributed by atoms with Crippen LogP contribution in [0.1, 0.15) is 0 Å². The van der Waals surface area contributed by atoms with E-state index >= 15 is 0 Å².